The minimum atomic E-state index is -2.04. The second-order valence-corrected chi connectivity index (χ2v) is 3.53. The Morgan fingerprint density at radius 2 is 2.14 bits per heavy atom. The van der Waals surface area contributed by atoms with Crippen LogP contribution in [-0.4, -0.2) is 51.6 Å². The molecule has 1 heterocycles. The lowest BCUT2D eigenvalue weighted by molar-refractivity contribution is -0.324. The zero-order chi connectivity index (χ0) is 10.8. The van der Waals surface area contributed by atoms with Gasteiger partial charge in [0.05, 0.1) is 19.3 Å². The zero-order valence-electron chi connectivity index (χ0n) is 7.83. The first-order valence-corrected chi connectivity index (χ1v) is 4.49. The van der Waals surface area contributed by atoms with E-state index in [1.807, 2.05) is 0 Å². The summed E-state index contributed by atoms with van der Waals surface area (Å²) in [7, 11) is 0. The molecule has 4 N–H and O–H groups in total. The Morgan fingerprint density at radius 3 is 2.64 bits per heavy atom. The van der Waals surface area contributed by atoms with Gasteiger partial charge in [0.1, 0.15) is 6.10 Å². The Labute approximate surface area is 82.3 Å². The van der Waals surface area contributed by atoms with Gasteiger partial charge in [-0.2, -0.15) is 0 Å². The topological polar surface area (TPSA) is 90.2 Å². The normalized spacial score (nSPS) is 43.6. The molecule has 0 aliphatic carbocycles. The number of hydrogen-bond acceptors (Lipinski definition) is 5. The zero-order valence-corrected chi connectivity index (χ0v) is 7.83. The molecular formula is C9H16O5. The molecule has 4 atom stereocenters. The molecule has 0 bridgehead atoms. The summed E-state index contributed by atoms with van der Waals surface area (Å²) < 4.78 is 4.91. The van der Waals surface area contributed by atoms with Gasteiger partial charge < -0.3 is 25.2 Å². The molecule has 14 heavy (non-hydrogen) atoms. The average molecular weight is 204 g/mol. The van der Waals surface area contributed by atoms with Crippen molar-refractivity contribution >= 4 is 0 Å². The van der Waals surface area contributed by atoms with Gasteiger partial charge in [-0.3, -0.25) is 0 Å². The van der Waals surface area contributed by atoms with Gasteiger partial charge in [-0.05, 0) is 6.42 Å². The first-order chi connectivity index (χ1) is 6.55. The third-order valence-corrected chi connectivity index (χ3v) is 2.51. The Morgan fingerprint density at radius 1 is 1.50 bits per heavy atom. The summed E-state index contributed by atoms with van der Waals surface area (Å²) in [6.45, 7) is 2.85. The summed E-state index contributed by atoms with van der Waals surface area (Å²) in [5.74, 6) is -2.34. The molecule has 2 unspecified atom stereocenters. The van der Waals surface area contributed by atoms with Gasteiger partial charge in [0, 0.05) is 5.92 Å². The van der Waals surface area contributed by atoms with E-state index in [4.69, 9.17) is 9.84 Å². The second-order valence-electron chi connectivity index (χ2n) is 3.53. The highest BCUT2D eigenvalue weighted by Crippen LogP contribution is 2.28. The molecule has 1 fully saturated rings. The van der Waals surface area contributed by atoms with Crippen LogP contribution in [0.1, 0.15) is 6.42 Å². The fourth-order valence-electron chi connectivity index (χ4n) is 1.52. The number of rotatable bonds is 3. The molecule has 0 saturated carbocycles. The Bertz CT molecular complexity index is 207. The fraction of sp³-hybridized carbons (Fsp3) is 0.778. The van der Waals surface area contributed by atoms with Crippen molar-refractivity contribution < 1.29 is 25.2 Å². The number of allylic oxidation sites excluding steroid dienone is 1. The minimum absolute atomic E-state index is 0.0846. The molecule has 0 aromatic heterocycles. The van der Waals surface area contributed by atoms with Crippen molar-refractivity contribution in [3.05, 3.63) is 12.7 Å². The summed E-state index contributed by atoms with van der Waals surface area (Å²) in [4.78, 5) is 0. The monoisotopic (exact) mass is 204 g/mol. The van der Waals surface area contributed by atoms with Crippen LogP contribution in [-0.2, 0) is 4.74 Å². The van der Waals surface area contributed by atoms with Gasteiger partial charge in [-0.15, -0.1) is 6.58 Å². The van der Waals surface area contributed by atoms with Crippen molar-refractivity contribution in [2.75, 3.05) is 13.2 Å². The Kier molecular flexibility index (Phi) is 3.63. The average Bonchev–Trinajstić information content (AvgIpc) is 2.19. The molecule has 1 rings (SSSR count). The van der Waals surface area contributed by atoms with E-state index in [0.717, 1.165) is 0 Å². The van der Waals surface area contributed by atoms with Crippen LogP contribution in [0, 0.1) is 5.92 Å². The number of aliphatic hydroxyl groups is 4. The summed E-state index contributed by atoms with van der Waals surface area (Å²) in [5.41, 5.74) is 0. The van der Waals surface area contributed by atoms with E-state index in [1.54, 1.807) is 6.08 Å². The third-order valence-electron chi connectivity index (χ3n) is 2.51. The van der Waals surface area contributed by atoms with Gasteiger partial charge in [-0.25, -0.2) is 0 Å². The van der Waals surface area contributed by atoms with Crippen LogP contribution in [0.4, 0.5) is 0 Å². The van der Waals surface area contributed by atoms with Crippen LogP contribution in [0.3, 0.4) is 0 Å². The van der Waals surface area contributed by atoms with Gasteiger partial charge in [0.2, 0.25) is 5.79 Å². The smallest absolute Gasteiger partial charge is 0.218 e. The van der Waals surface area contributed by atoms with E-state index in [0.29, 0.717) is 6.42 Å². The Balaban J connectivity index is 2.68. The minimum Gasteiger partial charge on any atom is -0.391 e. The second kappa shape index (κ2) is 4.37. The molecule has 0 aromatic rings. The lowest BCUT2D eigenvalue weighted by Crippen LogP contribution is -2.60. The summed E-state index contributed by atoms with van der Waals surface area (Å²) in [5, 5.41) is 37.3. The van der Waals surface area contributed by atoms with E-state index in [-0.39, 0.29) is 12.5 Å². The van der Waals surface area contributed by atoms with Crippen LogP contribution in [0.25, 0.3) is 0 Å². The number of hydrogen-bond donors (Lipinski definition) is 4. The molecule has 0 aromatic carbocycles. The molecule has 82 valence electrons. The molecule has 0 radical (unpaired) electrons. The predicted molar refractivity (Wildman–Crippen MR) is 48.3 cm³/mol. The predicted octanol–water partition coefficient (Wildman–Crippen LogP) is -1.39. The lowest BCUT2D eigenvalue weighted by Gasteiger charge is -2.42. The quantitative estimate of drug-likeness (QED) is 0.425. The van der Waals surface area contributed by atoms with Crippen molar-refractivity contribution in [2.24, 2.45) is 5.92 Å². The van der Waals surface area contributed by atoms with Crippen molar-refractivity contribution in [1.29, 1.82) is 0 Å². The molecule has 0 amide bonds. The standard InChI is InChI=1S/C9H16O5/c1-2-3-6-4-14-9(13,5-10)8(12)7(6)11/h2,6-8,10-13H,1,3-5H2/t6-,7?,8?,9+/m0/s1. The van der Waals surface area contributed by atoms with E-state index < -0.39 is 24.6 Å². The highest BCUT2D eigenvalue weighted by molar-refractivity contribution is 4.93. The number of ether oxygens (including phenoxy) is 1. The third kappa shape index (κ3) is 1.97. The van der Waals surface area contributed by atoms with E-state index in [2.05, 4.69) is 6.58 Å². The lowest BCUT2D eigenvalue weighted by atomic mass is 9.88. The molecule has 0 spiro atoms. The first kappa shape index (κ1) is 11.6. The summed E-state index contributed by atoms with van der Waals surface area (Å²) >= 11 is 0. The highest BCUT2D eigenvalue weighted by atomic mass is 16.7. The van der Waals surface area contributed by atoms with Gasteiger partial charge in [0.15, 0.2) is 0 Å². The fourth-order valence-corrected chi connectivity index (χ4v) is 1.52. The van der Waals surface area contributed by atoms with E-state index in [9.17, 15) is 15.3 Å². The molecule has 5 heteroatoms. The largest absolute Gasteiger partial charge is 0.391 e. The van der Waals surface area contributed by atoms with Crippen LogP contribution in [0.2, 0.25) is 0 Å². The van der Waals surface area contributed by atoms with Crippen LogP contribution >= 0.6 is 0 Å². The van der Waals surface area contributed by atoms with Crippen LogP contribution in [0.5, 0.6) is 0 Å². The summed E-state index contributed by atoms with van der Waals surface area (Å²) in [6.07, 6.45) is -0.516. The first-order valence-electron chi connectivity index (χ1n) is 4.49. The van der Waals surface area contributed by atoms with Gasteiger partial charge in [-0.1, -0.05) is 6.08 Å². The SMILES string of the molecule is C=CC[C@H]1CO[C@](O)(CO)C(O)C1O. The maximum atomic E-state index is 9.59. The molecule has 5 nitrogen and oxygen atoms in total. The molecular weight excluding hydrogens is 188 g/mol. The molecule has 1 aliphatic heterocycles. The highest BCUT2D eigenvalue weighted by Gasteiger charge is 2.47. The van der Waals surface area contributed by atoms with Crippen molar-refractivity contribution in [3.63, 3.8) is 0 Å². The number of aliphatic hydroxyl groups excluding tert-OH is 3. The molecule has 1 aliphatic rings. The molecule has 1 saturated heterocycles. The van der Waals surface area contributed by atoms with E-state index in [1.165, 1.54) is 0 Å². The van der Waals surface area contributed by atoms with Crippen molar-refractivity contribution in [2.45, 2.75) is 24.4 Å². The van der Waals surface area contributed by atoms with Crippen molar-refractivity contribution in [1.82, 2.24) is 0 Å². The maximum Gasteiger partial charge on any atom is 0.218 e. The van der Waals surface area contributed by atoms with Crippen LogP contribution in [0.15, 0.2) is 12.7 Å². The van der Waals surface area contributed by atoms with E-state index >= 15 is 0 Å². The van der Waals surface area contributed by atoms with Crippen molar-refractivity contribution in [3.8, 4) is 0 Å². The van der Waals surface area contributed by atoms with Gasteiger partial charge in [0.25, 0.3) is 0 Å². The van der Waals surface area contributed by atoms with Gasteiger partial charge >= 0.3 is 0 Å². The van der Waals surface area contributed by atoms with Crippen LogP contribution < -0.4 is 0 Å². The maximum absolute atomic E-state index is 9.59. The summed E-state index contributed by atoms with van der Waals surface area (Å²) in [6, 6.07) is 0. The Hall–Kier alpha value is -0.460.